The van der Waals surface area contributed by atoms with E-state index < -0.39 is 17.6 Å². The summed E-state index contributed by atoms with van der Waals surface area (Å²) in [7, 11) is 0. The standard InChI is InChI=1S/C13H17ClN2O2/c14-10-4-2-9(3-5-10)11(12(15)17)16-8-13(18)6-1-7-13/h2-5,11,16,18H,1,6-8H2,(H2,15,17). The first kappa shape index (κ1) is 13.3. The van der Waals surface area contributed by atoms with E-state index in [-0.39, 0.29) is 0 Å². The number of nitrogens with two attached hydrogens (primary N) is 1. The van der Waals surface area contributed by atoms with Gasteiger partial charge in [0, 0.05) is 11.6 Å². The maximum Gasteiger partial charge on any atom is 0.239 e. The van der Waals surface area contributed by atoms with Crippen molar-refractivity contribution >= 4 is 17.5 Å². The van der Waals surface area contributed by atoms with Crippen molar-refractivity contribution in [1.82, 2.24) is 5.32 Å². The highest BCUT2D eigenvalue weighted by Crippen LogP contribution is 2.31. The van der Waals surface area contributed by atoms with Gasteiger partial charge in [-0.05, 0) is 37.0 Å². The minimum absolute atomic E-state index is 0.378. The first-order valence-electron chi connectivity index (χ1n) is 6.01. The molecule has 0 bridgehead atoms. The number of amides is 1. The van der Waals surface area contributed by atoms with Gasteiger partial charge in [0.05, 0.1) is 5.60 Å². The summed E-state index contributed by atoms with van der Waals surface area (Å²) in [4.78, 5) is 11.5. The lowest BCUT2D eigenvalue weighted by atomic mass is 9.80. The quantitative estimate of drug-likeness (QED) is 0.755. The second-order valence-corrected chi connectivity index (χ2v) is 5.28. The van der Waals surface area contributed by atoms with Crippen LogP contribution in [-0.2, 0) is 4.79 Å². The molecule has 0 saturated heterocycles. The third-order valence-corrected chi connectivity index (χ3v) is 3.66. The molecule has 4 N–H and O–H groups in total. The topological polar surface area (TPSA) is 75.4 Å². The minimum atomic E-state index is -0.680. The van der Waals surface area contributed by atoms with E-state index >= 15 is 0 Å². The smallest absolute Gasteiger partial charge is 0.239 e. The van der Waals surface area contributed by atoms with E-state index in [9.17, 15) is 9.90 Å². The van der Waals surface area contributed by atoms with Gasteiger partial charge in [0.25, 0.3) is 0 Å². The molecule has 0 radical (unpaired) electrons. The molecule has 1 aliphatic rings. The fraction of sp³-hybridized carbons (Fsp3) is 0.462. The molecule has 1 aromatic carbocycles. The van der Waals surface area contributed by atoms with Crippen LogP contribution in [0, 0.1) is 0 Å². The molecule has 1 unspecified atom stereocenters. The average molecular weight is 269 g/mol. The first-order chi connectivity index (χ1) is 8.50. The van der Waals surface area contributed by atoms with Gasteiger partial charge in [-0.2, -0.15) is 0 Å². The van der Waals surface area contributed by atoms with Crippen LogP contribution in [-0.4, -0.2) is 23.2 Å². The Labute approximate surface area is 111 Å². The largest absolute Gasteiger partial charge is 0.389 e. The normalized spacial score (nSPS) is 19.0. The van der Waals surface area contributed by atoms with Gasteiger partial charge in [0.2, 0.25) is 5.91 Å². The summed E-state index contributed by atoms with van der Waals surface area (Å²) in [5.74, 6) is -0.458. The van der Waals surface area contributed by atoms with Gasteiger partial charge in [0.15, 0.2) is 0 Å². The van der Waals surface area contributed by atoms with Crippen LogP contribution in [0.15, 0.2) is 24.3 Å². The molecule has 98 valence electrons. The Morgan fingerprint density at radius 3 is 2.50 bits per heavy atom. The molecule has 1 aliphatic carbocycles. The highest BCUT2D eigenvalue weighted by Gasteiger charge is 2.35. The van der Waals surface area contributed by atoms with Crippen LogP contribution in [0.2, 0.25) is 5.02 Å². The number of hydrogen-bond acceptors (Lipinski definition) is 3. The zero-order valence-corrected chi connectivity index (χ0v) is 10.8. The Kier molecular flexibility index (Phi) is 3.90. The fourth-order valence-electron chi connectivity index (χ4n) is 2.09. The Morgan fingerprint density at radius 2 is 2.06 bits per heavy atom. The molecule has 1 saturated carbocycles. The number of primary amides is 1. The molecule has 1 fully saturated rings. The summed E-state index contributed by atoms with van der Waals surface area (Å²) in [6, 6.07) is 6.36. The molecule has 18 heavy (non-hydrogen) atoms. The van der Waals surface area contributed by atoms with Crippen molar-refractivity contribution in [3.05, 3.63) is 34.9 Å². The monoisotopic (exact) mass is 268 g/mol. The fourth-order valence-corrected chi connectivity index (χ4v) is 2.22. The third-order valence-electron chi connectivity index (χ3n) is 3.41. The lowest BCUT2D eigenvalue weighted by molar-refractivity contribution is -0.120. The maximum atomic E-state index is 11.5. The van der Waals surface area contributed by atoms with Crippen LogP contribution in [0.25, 0.3) is 0 Å². The summed E-state index contributed by atoms with van der Waals surface area (Å²) in [6.07, 6.45) is 2.57. The summed E-state index contributed by atoms with van der Waals surface area (Å²) in [5, 5.41) is 13.6. The third kappa shape index (κ3) is 3.02. The van der Waals surface area contributed by atoms with Gasteiger partial charge in [-0.25, -0.2) is 0 Å². The number of aliphatic hydroxyl groups is 1. The maximum absolute atomic E-state index is 11.5. The van der Waals surface area contributed by atoms with E-state index in [4.69, 9.17) is 17.3 Å². The summed E-state index contributed by atoms with van der Waals surface area (Å²) >= 11 is 5.80. The van der Waals surface area contributed by atoms with Crippen LogP contribution in [0.5, 0.6) is 0 Å². The van der Waals surface area contributed by atoms with Crippen molar-refractivity contribution in [3.63, 3.8) is 0 Å². The molecule has 0 aliphatic heterocycles. The molecule has 0 aromatic heterocycles. The Hall–Kier alpha value is -1.10. The van der Waals surface area contributed by atoms with Gasteiger partial charge < -0.3 is 10.8 Å². The summed E-state index contributed by atoms with van der Waals surface area (Å²) < 4.78 is 0. The first-order valence-corrected chi connectivity index (χ1v) is 6.38. The predicted octanol–water partition coefficient (Wildman–Crippen LogP) is 1.37. The van der Waals surface area contributed by atoms with E-state index in [0.29, 0.717) is 11.6 Å². The SMILES string of the molecule is NC(=O)C(NCC1(O)CCC1)c1ccc(Cl)cc1. The Morgan fingerprint density at radius 1 is 1.44 bits per heavy atom. The Bertz CT molecular complexity index is 429. The molecule has 1 amide bonds. The molecule has 0 heterocycles. The van der Waals surface area contributed by atoms with Crippen molar-refractivity contribution in [2.45, 2.75) is 30.9 Å². The molecule has 5 heteroatoms. The molecule has 1 atom stereocenters. The van der Waals surface area contributed by atoms with Gasteiger partial charge in [0.1, 0.15) is 6.04 Å². The molecule has 0 spiro atoms. The van der Waals surface area contributed by atoms with Crippen LogP contribution in [0.4, 0.5) is 0 Å². The van der Waals surface area contributed by atoms with E-state index in [0.717, 1.165) is 24.8 Å². The predicted molar refractivity (Wildman–Crippen MR) is 70.2 cm³/mol. The highest BCUT2D eigenvalue weighted by molar-refractivity contribution is 6.30. The number of nitrogens with one attached hydrogen (secondary N) is 1. The van der Waals surface area contributed by atoms with E-state index in [2.05, 4.69) is 5.32 Å². The number of halogens is 1. The van der Waals surface area contributed by atoms with Gasteiger partial charge >= 0.3 is 0 Å². The van der Waals surface area contributed by atoms with Gasteiger partial charge in [-0.1, -0.05) is 23.7 Å². The molecular weight excluding hydrogens is 252 g/mol. The van der Waals surface area contributed by atoms with E-state index in [1.54, 1.807) is 24.3 Å². The van der Waals surface area contributed by atoms with Crippen LogP contribution in [0.1, 0.15) is 30.9 Å². The van der Waals surface area contributed by atoms with Crippen molar-refractivity contribution in [1.29, 1.82) is 0 Å². The van der Waals surface area contributed by atoms with Gasteiger partial charge in [-0.15, -0.1) is 0 Å². The summed E-state index contributed by atoms with van der Waals surface area (Å²) in [5.41, 5.74) is 5.46. The van der Waals surface area contributed by atoms with Crippen LogP contribution < -0.4 is 11.1 Å². The van der Waals surface area contributed by atoms with Gasteiger partial charge in [-0.3, -0.25) is 10.1 Å². The highest BCUT2D eigenvalue weighted by atomic mass is 35.5. The second-order valence-electron chi connectivity index (χ2n) is 4.85. The zero-order valence-electron chi connectivity index (χ0n) is 10.0. The average Bonchev–Trinajstić information content (AvgIpc) is 2.29. The number of carbonyl (C=O) groups excluding carboxylic acids is 1. The molecule has 2 rings (SSSR count). The number of carbonyl (C=O) groups is 1. The van der Waals surface area contributed by atoms with Crippen LogP contribution in [0.3, 0.4) is 0 Å². The lowest BCUT2D eigenvalue weighted by Crippen LogP contribution is -2.49. The van der Waals surface area contributed by atoms with E-state index in [1.165, 1.54) is 0 Å². The van der Waals surface area contributed by atoms with Crippen molar-refractivity contribution in [2.75, 3.05) is 6.54 Å². The number of hydrogen-bond donors (Lipinski definition) is 3. The number of rotatable bonds is 5. The number of benzene rings is 1. The summed E-state index contributed by atoms with van der Waals surface area (Å²) in [6.45, 7) is 0.378. The van der Waals surface area contributed by atoms with Crippen LogP contribution >= 0.6 is 11.6 Å². The minimum Gasteiger partial charge on any atom is -0.389 e. The van der Waals surface area contributed by atoms with Crippen molar-refractivity contribution < 1.29 is 9.90 Å². The zero-order chi connectivity index (χ0) is 13.2. The van der Waals surface area contributed by atoms with Crippen molar-refractivity contribution in [3.8, 4) is 0 Å². The van der Waals surface area contributed by atoms with Crippen molar-refractivity contribution in [2.24, 2.45) is 5.73 Å². The second kappa shape index (κ2) is 5.26. The molecule has 1 aromatic rings. The van der Waals surface area contributed by atoms with E-state index in [1.807, 2.05) is 0 Å². The lowest BCUT2D eigenvalue weighted by Gasteiger charge is -2.37. The Balaban J connectivity index is 2.03. The molecular formula is C13H17ClN2O2. The molecule has 4 nitrogen and oxygen atoms in total.